The predicted molar refractivity (Wildman–Crippen MR) is 57.3 cm³/mol. The monoisotopic (exact) mass is 212 g/mol. The van der Waals surface area contributed by atoms with Crippen molar-refractivity contribution in [2.24, 2.45) is 11.7 Å². The number of likely N-dealkylation sites (tertiary alicyclic amines) is 1. The second kappa shape index (κ2) is 4.94. The number of carbonyl (C=O) groups excluding carboxylic acids is 1. The van der Waals surface area contributed by atoms with Crippen LogP contribution in [0.25, 0.3) is 0 Å². The van der Waals surface area contributed by atoms with Gasteiger partial charge in [0.05, 0.1) is 13.0 Å². The van der Waals surface area contributed by atoms with Gasteiger partial charge >= 0.3 is 0 Å². The minimum atomic E-state index is 0.182. The van der Waals surface area contributed by atoms with Gasteiger partial charge in [-0.05, 0) is 25.2 Å². The number of rotatable bonds is 5. The molecule has 1 aliphatic carbocycles. The first-order valence-corrected chi connectivity index (χ1v) is 5.87. The third-order valence-corrected chi connectivity index (χ3v) is 3.09. The van der Waals surface area contributed by atoms with Crippen LogP contribution in [0, 0.1) is 5.92 Å². The zero-order valence-electron chi connectivity index (χ0n) is 9.15. The van der Waals surface area contributed by atoms with Gasteiger partial charge in [0.1, 0.15) is 0 Å². The number of hydrogen-bond donors (Lipinski definition) is 1. The molecule has 0 radical (unpaired) electrons. The van der Waals surface area contributed by atoms with E-state index in [2.05, 4.69) is 0 Å². The van der Waals surface area contributed by atoms with Crippen molar-refractivity contribution >= 4 is 5.91 Å². The van der Waals surface area contributed by atoms with Gasteiger partial charge in [-0.3, -0.25) is 4.79 Å². The van der Waals surface area contributed by atoms with Crippen LogP contribution in [0.3, 0.4) is 0 Å². The zero-order valence-corrected chi connectivity index (χ0v) is 9.15. The summed E-state index contributed by atoms with van der Waals surface area (Å²) in [5, 5.41) is 0. The molecule has 1 aliphatic heterocycles. The van der Waals surface area contributed by atoms with Gasteiger partial charge in [-0.1, -0.05) is 0 Å². The van der Waals surface area contributed by atoms with Crippen molar-refractivity contribution in [2.75, 3.05) is 26.3 Å². The summed E-state index contributed by atoms with van der Waals surface area (Å²) in [6.07, 6.45) is 4.05. The number of nitrogens with two attached hydrogens (primary N) is 1. The summed E-state index contributed by atoms with van der Waals surface area (Å²) in [5.41, 5.74) is 5.74. The Morgan fingerprint density at radius 2 is 2.20 bits per heavy atom. The summed E-state index contributed by atoms with van der Waals surface area (Å²) in [4.78, 5) is 13.5. The fourth-order valence-electron chi connectivity index (χ4n) is 1.87. The van der Waals surface area contributed by atoms with Gasteiger partial charge in [0, 0.05) is 25.7 Å². The van der Waals surface area contributed by atoms with Crippen molar-refractivity contribution in [1.82, 2.24) is 4.90 Å². The summed E-state index contributed by atoms with van der Waals surface area (Å²) in [5.74, 6) is 0.971. The number of amides is 1. The number of hydrogen-bond acceptors (Lipinski definition) is 3. The molecular formula is C11H20N2O2. The van der Waals surface area contributed by atoms with Crippen LogP contribution in [0.5, 0.6) is 0 Å². The highest BCUT2D eigenvalue weighted by Gasteiger charge is 2.24. The summed E-state index contributed by atoms with van der Waals surface area (Å²) < 4.78 is 5.44. The van der Waals surface area contributed by atoms with Crippen LogP contribution in [-0.2, 0) is 9.53 Å². The number of ether oxygens (including phenoxy) is 1. The molecule has 0 unspecified atom stereocenters. The lowest BCUT2D eigenvalue weighted by Crippen LogP contribution is -2.32. The van der Waals surface area contributed by atoms with Gasteiger partial charge in [0.2, 0.25) is 5.91 Å². The van der Waals surface area contributed by atoms with E-state index in [9.17, 15) is 4.79 Å². The Labute approximate surface area is 90.8 Å². The Bertz CT molecular complexity index is 229. The summed E-state index contributed by atoms with van der Waals surface area (Å²) >= 11 is 0. The average molecular weight is 212 g/mol. The number of nitrogens with zero attached hydrogens (tertiary/aromatic N) is 1. The highest BCUT2D eigenvalue weighted by atomic mass is 16.5. The van der Waals surface area contributed by atoms with Crippen LogP contribution >= 0.6 is 0 Å². The molecule has 4 nitrogen and oxygen atoms in total. The van der Waals surface area contributed by atoms with Gasteiger partial charge in [0.25, 0.3) is 0 Å². The molecule has 0 aromatic rings. The van der Waals surface area contributed by atoms with Crippen LogP contribution in [0.2, 0.25) is 0 Å². The SMILES string of the molecule is N[C@H]1CCN(C(=O)CCOCC2CC2)C1. The van der Waals surface area contributed by atoms with E-state index >= 15 is 0 Å². The lowest BCUT2D eigenvalue weighted by Gasteiger charge is -2.15. The van der Waals surface area contributed by atoms with E-state index in [0.717, 1.165) is 32.0 Å². The van der Waals surface area contributed by atoms with Crippen molar-refractivity contribution in [3.8, 4) is 0 Å². The quantitative estimate of drug-likeness (QED) is 0.670. The molecule has 1 heterocycles. The van der Waals surface area contributed by atoms with Crippen molar-refractivity contribution in [3.05, 3.63) is 0 Å². The first kappa shape index (κ1) is 10.9. The fourth-order valence-corrected chi connectivity index (χ4v) is 1.87. The van der Waals surface area contributed by atoms with Crippen LogP contribution in [0.15, 0.2) is 0 Å². The first-order valence-electron chi connectivity index (χ1n) is 5.87. The van der Waals surface area contributed by atoms with E-state index in [4.69, 9.17) is 10.5 Å². The van der Waals surface area contributed by atoms with E-state index in [1.807, 2.05) is 4.90 Å². The van der Waals surface area contributed by atoms with Crippen LogP contribution in [-0.4, -0.2) is 43.2 Å². The molecule has 2 aliphatic rings. The van der Waals surface area contributed by atoms with E-state index < -0.39 is 0 Å². The third kappa shape index (κ3) is 3.47. The molecular weight excluding hydrogens is 192 g/mol. The lowest BCUT2D eigenvalue weighted by molar-refractivity contribution is -0.131. The molecule has 0 bridgehead atoms. The maximum atomic E-state index is 11.6. The minimum Gasteiger partial charge on any atom is -0.381 e. The molecule has 0 spiro atoms. The Kier molecular flexibility index (Phi) is 3.59. The first-order chi connectivity index (χ1) is 7.25. The fraction of sp³-hybridized carbons (Fsp3) is 0.909. The Hall–Kier alpha value is -0.610. The molecule has 15 heavy (non-hydrogen) atoms. The van der Waals surface area contributed by atoms with Crippen molar-refractivity contribution in [1.29, 1.82) is 0 Å². The van der Waals surface area contributed by atoms with E-state index in [1.165, 1.54) is 12.8 Å². The molecule has 1 amide bonds. The Morgan fingerprint density at radius 3 is 2.80 bits per heavy atom. The Balaban J connectivity index is 1.55. The summed E-state index contributed by atoms with van der Waals surface area (Å²) in [7, 11) is 0. The van der Waals surface area contributed by atoms with E-state index in [1.54, 1.807) is 0 Å². The summed E-state index contributed by atoms with van der Waals surface area (Å²) in [6.45, 7) is 2.96. The topological polar surface area (TPSA) is 55.6 Å². The highest BCUT2D eigenvalue weighted by molar-refractivity contribution is 5.76. The second-order valence-electron chi connectivity index (χ2n) is 4.66. The molecule has 1 saturated heterocycles. The van der Waals surface area contributed by atoms with Gasteiger partial charge in [0.15, 0.2) is 0 Å². The molecule has 1 atom stereocenters. The van der Waals surface area contributed by atoms with Crippen molar-refractivity contribution in [2.45, 2.75) is 31.7 Å². The van der Waals surface area contributed by atoms with E-state index in [0.29, 0.717) is 13.0 Å². The molecule has 1 saturated carbocycles. The number of carbonyl (C=O) groups is 1. The predicted octanol–water partition coefficient (Wildman–Crippen LogP) is 0.363. The molecule has 4 heteroatoms. The lowest BCUT2D eigenvalue weighted by atomic mass is 10.3. The highest BCUT2D eigenvalue weighted by Crippen LogP contribution is 2.28. The average Bonchev–Trinajstić information content (AvgIpc) is 2.94. The normalized spacial score (nSPS) is 25.9. The smallest absolute Gasteiger partial charge is 0.224 e. The van der Waals surface area contributed by atoms with Crippen molar-refractivity contribution in [3.63, 3.8) is 0 Å². The molecule has 0 aromatic carbocycles. The standard InChI is InChI=1S/C11H20N2O2/c12-10-3-5-13(7-10)11(14)4-6-15-8-9-1-2-9/h9-10H,1-8,12H2/t10-/m0/s1. The zero-order chi connectivity index (χ0) is 10.7. The third-order valence-electron chi connectivity index (χ3n) is 3.09. The second-order valence-corrected chi connectivity index (χ2v) is 4.66. The summed E-state index contributed by atoms with van der Waals surface area (Å²) in [6, 6.07) is 0.182. The van der Waals surface area contributed by atoms with Crippen LogP contribution in [0.4, 0.5) is 0 Å². The minimum absolute atomic E-state index is 0.182. The van der Waals surface area contributed by atoms with Crippen LogP contribution < -0.4 is 5.73 Å². The van der Waals surface area contributed by atoms with Crippen molar-refractivity contribution < 1.29 is 9.53 Å². The van der Waals surface area contributed by atoms with Gasteiger partial charge in [-0.15, -0.1) is 0 Å². The maximum Gasteiger partial charge on any atom is 0.224 e. The molecule has 2 N–H and O–H groups in total. The molecule has 2 rings (SSSR count). The molecule has 0 aromatic heterocycles. The van der Waals surface area contributed by atoms with E-state index in [-0.39, 0.29) is 11.9 Å². The van der Waals surface area contributed by atoms with Crippen LogP contribution in [0.1, 0.15) is 25.7 Å². The molecule has 2 fully saturated rings. The largest absolute Gasteiger partial charge is 0.381 e. The van der Waals surface area contributed by atoms with Gasteiger partial charge in [-0.25, -0.2) is 0 Å². The molecule has 86 valence electrons. The maximum absolute atomic E-state index is 11.6. The Morgan fingerprint density at radius 1 is 1.40 bits per heavy atom. The van der Waals surface area contributed by atoms with Gasteiger partial charge in [-0.2, -0.15) is 0 Å². The van der Waals surface area contributed by atoms with Gasteiger partial charge < -0.3 is 15.4 Å².